The molecule has 2 heterocycles. The van der Waals surface area contributed by atoms with Crippen LogP contribution in [0.1, 0.15) is 23.6 Å². The minimum absolute atomic E-state index is 0. The summed E-state index contributed by atoms with van der Waals surface area (Å²) < 4.78 is 30.1. The third kappa shape index (κ3) is 3.91. The first-order chi connectivity index (χ1) is 14.7. The first kappa shape index (κ1) is 20.7. The van der Waals surface area contributed by atoms with Crippen molar-refractivity contribution in [3.8, 4) is 34.3 Å². The molecule has 0 aliphatic carbocycles. The van der Waals surface area contributed by atoms with E-state index in [1.165, 1.54) is 6.20 Å². The van der Waals surface area contributed by atoms with E-state index in [0.717, 1.165) is 5.56 Å². The highest BCUT2D eigenvalue weighted by molar-refractivity contribution is 7.92. The molecule has 2 aromatic heterocycles. The Morgan fingerprint density at radius 2 is 1.55 bits per heavy atom. The second kappa shape index (κ2) is 7.59. The van der Waals surface area contributed by atoms with Gasteiger partial charge < -0.3 is 10.2 Å². The van der Waals surface area contributed by atoms with Crippen LogP contribution >= 0.6 is 0 Å². The van der Waals surface area contributed by atoms with E-state index in [4.69, 9.17) is 10.2 Å². The molecule has 4 rings (SSSR count). The molecule has 0 bridgehead atoms. The molecule has 0 saturated carbocycles. The van der Waals surface area contributed by atoms with Crippen LogP contribution in [0.5, 0.6) is 0 Å². The molecule has 2 N–H and O–H groups in total. The number of benzene rings is 2. The fraction of sp³-hybridized carbons (Fsp3) is 0.182. The SMILES string of the molecule is CC(C)(C)S(=O)(=O)c1ccc(-c2cnc(N)c(-c3nnc(-c4ccccc4)o3)n2)cc1.[HH].[HH]. The number of nitrogens with zero attached hydrogens (tertiary/aromatic N) is 4. The smallest absolute Gasteiger partial charge is 0.270 e. The molecule has 4 aromatic rings. The van der Waals surface area contributed by atoms with Gasteiger partial charge in [0, 0.05) is 14.0 Å². The van der Waals surface area contributed by atoms with Crippen LogP contribution in [-0.2, 0) is 9.84 Å². The first-order valence-corrected chi connectivity index (χ1v) is 11.0. The summed E-state index contributed by atoms with van der Waals surface area (Å²) in [4.78, 5) is 8.97. The van der Waals surface area contributed by atoms with E-state index < -0.39 is 14.6 Å². The van der Waals surface area contributed by atoms with Gasteiger partial charge in [-0.3, -0.25) is 0 Å². The average molecular weight is 440 g/mol. The minimum atomic E-state index is -3.45. The van der Waals surface area contributed by atoms with Gasteiger partial charge in [0.2, 0.25) is 5.89 Å². The first-order valence-electron chi connectivity index (χ1n) is 9.54. The number of nitrogens with two attached hydrogens (primary N) is 1. The van der Waals surface area contributed by atoms with Gasteiger partial charge >= 0.3 is 0 Å². The van der Waals surface area contributed by atoms with Gasteiger partial charge in [-0.25, -0.2) is 18.4 Å². The van der Waals surface area contributed by atoms with Gasteiger partial charge in [0.15, 0.2) is 21.3 Å². The number of anilines is 1. The topological polar surface area (TPSA) is 125 Å². The van der Waals surface area contributed by atoms with E-state index in [1.54, 1.807) is 45.0 Å². The molecule has 0 amide bonds. The largest absolute Gasteiger partial charge is 0.414 e. The quantitative estimate of drug-likeness (QED) is 0.492. The number of hydrogen-bond donors (Lipinski definition) is 1. The number of sulfone groups is 1. The minimum Gasteiger partial charge on any atom is -0.414 e. The van der Waals surface area contributed by atoms with Crippen LogP contribution in [0.2, 0.25) is 0 Å². The maximum Gasteiger partial charge on any atom is 0.270 e. The van der Waals surface area contributed by atoms with Crippen molar-refractivity contribution < 1.29 is 15.7 Å². The molecule has 31 heavy (non-hydrogen) atoms. The monoisotopic (exact) mass is 439 g/mol. The summed E-state index contributed by atoms with van der Waals surface area (Å²) in [7, 11) is -3.45. The zero-order valence-corrected chi connectivity index (χ0v) is 18.1. The molecule has 0 aliphatic rings. The predicted octanol–water partition coefficient (Wildman–Crippen LogP) is 4.51. The third-order valence-electron chi connectivity index (χ3n) is 4.72. The molecular weight excluding hydrogens is 414 g/mol. The maximum atomic E-state index is 12.6. The van der Waals surface area contributed by atoms with Crippen molar-refractivity contribution in [2.24, 2.45) is 0 Å². The van der Waals surface area contributed by atoms with Crippen LogP contribution in [-0.4, -0.2) is 33.3 Å². The third-order valence-corrected chi connectivity index (χ3v) is 7.22. The Labute approximate surface area is 183 Å². The van der Waals surface area contributed by atoms with Gasteiger partial charge in [-0.1, -0.05) is 30.3 Å². The van der Waals surface area contributed by atoms with E-state index in [2.05, 4.69) is 20.2 Å². The summed E-state index contributed by atoms with van der Waals surface area (Å²) in [5.41, 5.74) is 8.22. The second-order valence-corrected chi connectivity index (χ2v) is 10.6. The zero-order valence-electron chi connectivity index (χ0n) is 17.3. The summed E-state index contributed by atoms with van der Waals surface area (Å²) in [6.07, 6.45) is 1.51. The standard InChI is InChI=1S/C22H21N5O3S.2H2/c1-22(2,3)31(28,29)16-11-9-14(10-12-16)17-13-24-19(23)18(25-17)21-27-26-20(30-21)15-7-5-4-6-8-15;;/h4-13H,1-3H3,(H2,23,24);2*1H. The predicted molar refractivity (Wildman–Crippen MR) is 122 cm³/mol. The highest BCUT2D eigenvalue weighted by Gasteiger charge is 2.30. The summed E-state index contributed by atoms with van der Waals surface area (Å²) in [6.45, 7) is 5.01. The van der Waals surface area contributed by atoms with E-state index in [-0.39, 0.29) is 25.2 Å². The zero-order chi connectivity index (χ0) is 22.2. The molecule has 9 heteroatoms. The van der Waals surface area contributed by atoms with Gasteiger partial charge in [0.1, 0.15) is 0 Å². The van der Waals surface area contributed by atoms with Crippen LogP contribution in [0.4, 0.5) is 5.82 Å². The molecule has 8 nitrogen and oxygen atoms in total. The summed E-state index contributed by atoms with van der Waals surface area (Å²) in [6, 6.07) is 15.9. The highest BCUT2D eigenvalue weighted by atomic mass is 32.2. The van der Waals surface area contributed by atoms with Crippen molar-refractivity contribution in [1.29, 1.82) is 0 Å². The number of nitrogen functional groups attached to an aromatic ring is 1. The number of hydrogen-bond acceptors (Lipinski definition) is 8. The van der Waals surface area contributed by atoms with Crippen LogP contribution in [0.25, 0.3) is 34.3 Å². The Morgan fingerprint density at radius 1 is 0.903 bits per heavy atom. The summed E-state index contributed by atoms with van der Waals surface area (Å²) in [5.74, 6) is 0.649. The van der Waals surface area contributed by atoms with Crippen molar-refractivity contribution in [1.82, 2.24) is 20.2 Å². The molecule has 0 atom stereocenters. The molecule has 2 aromatic carbocycles. The highest BCUT2D eigenvalue weighted by Crippen LogP contribution is 2.30. The van der Waals surface area contributed by atoms with Crippen LogP contribution in [0, 0.1) is 0 Å². The van der Waals surface area contributed by atoms with Gasteiger partial charge in [0.05, 0.1) is 21.5 Å². The van der Waals surface area contributed by atoms with E-state index in [1.807, 2.05) is 30.3 Å². The second-order valence-electron chi connectivity index (χ2n) is 7.91. The summed E-state index contributed by atoms with van der Waals surface area (Å²) in [5, 5.41) is 8.11. The molecular formula is C22H25N5O3S. The molecule has 0 unspecified atom stereocenters. The van der Waals surface area contributed by atoms with Crippen molar-refractivity contribution in [3.05, 3.63) is 60.8 Å². The molecule has 0 fully saturated rings. The van der Waals surface area contributed by atoms with E-state index >= 15 is 0 Å². The van der Waals surface area contributed by atoms with Crippen LogP contribution in [0.3, 0.4) is 0 Å². The Hall–Kier alpha value is -3.59. The Bertz CT molecular complexity index is 1340. The maximum absolute atomic E-state index is 12.6. The van der Waals surface area contributed by atoms with Crippen molar-refractivity contribution >= 4 is 15.7 Å². The summed E-state index contributed by atoms with van der Waals surface area (Å²) >= 11 is 0. The van der Waals surface area contributed by atoms with Gasteiger partial charge in [-0.2, -0.15) is 0 Å². The molecule has 0 radical (unpaired) electrons. The van der Waals surface area contributed by atoms with Crippen LogP contribution in [0.15, 0.2) is 70.1 Å². The fourth-order valence-corrected chi connectivity index (χ4v) is 4.07. The lowest BCUT2D eigenvalue weighted by atomic mass is 10.1. The molecule has 162 valence electrons. The normalized spacial score (nSPS) is 12.1. The fourth-order valence-electron chi connectivity index (χ4n) is 2.87. The lowest BCUT2D eigenvalue weighted by molar-refractivity contribution is 0.560. The van der Waals surface area contributed by atoms with Crippen molar-refractivity contribution in [3.63, 3.8) is 0 Å². The Kier molecular flexibility index (Phi) is 5.06. The molecule has 0 aliphatic heterocycles. The van der Waals surface area contributed by atoms with E-state index in [0.29, 0.717) is 17.1 Å². The number of aromatic nitrogens is 4. The Morgan fingerprint density at radius 3 is 2.19 bits per heavy atom. The molecule has 0 saturated heterocycles. The Balaban J connectivity index is 0.00000193. The van der Waals surface area contributed by atoms with Crippen molar-refractivity contribution in [2.75, 3.05) is 5.73 Å². The average Bonchev–Trinajstić information content (AvgIpc) is 3.24. The lowest BCUT2D eigenvalue weighted by Crippen LogP contribution is -2.27. The molecule has 0 spiro atoms. The number of rotatable bonds is 4. The van der Waals surface area contributed by atoms with Gasteiger partial charge in [0.25, 0.3) is 5.89 Å². The van der Waals surface area contributed by atoms with E-state index in [9.17, 15) is 8.42 Å². The van der Waals surface area contributed by atoms with Gasteiger partial charge in [-0.05, 0) is 45.0 Å². The lowest BCUT2D eigenvalue weighted by Gasteiger charge is -2.19. The van der Waals surface area contributed by atoms with Gasteiger partial charge in [-0.15, -0.1) is 10.2 Å². The van der Waals surface area contributed by atoms with Crippen LogP contribution < -0.4 is 5.73 Å². The van der Waals surface area contributed by atoms with Crippen molar-refractivity contribution in [2.45, 2.75) is 30.4 Å².